The number of rotatable bonds is 3. The summed E-state index contributed by atoms with van der Waals surface area (Å²) in [6.45, 7) is 3.43. The Kier molecular flexibility index (Phi) is 3.65. The first kappa shape index (κ1) is 12.6. The van der Waals surface area contributed by atoms with E-state index >= 15 is 0 Å². The number of nitrogens with zero attached hydrogens (tertiary/aromatic N) is 1. The summed E-state index contributed by atoms with van der Waals surface area (Å²) in [4.78, 5) is 25.3. The fraction of sp³-hybridized carbons (Fsp3) is 0.429. The lowest BCUT2D eigenvalue weighted by Crippen LogP contribution is -2.29. The zero-order chi connectivity index (χ0) is 13.1. The lowest BCUT2D eigenvalue weighted by atomic mass is 9.98. The Hall–Kier alpha value is -1.84. The molecule has 1 heterocycles. The largest absolute Gasteiger partial charge is 0.478 e. The Morgan fingerprint density at radius 1 is 1.22 bits per heavy atom. The number of carbonyl (C=O) groups excluding carboxylic acids is 1. The highest BCUT2D eigenvalue weighted by atomic mass is 16.4. The molecule has 1 N–H and O–H groups in total. The van der Waals surface area contributed by atoms with Crippen LogP contribution in [-0.2, 0) is 6.42 Å². The summed E-state index contributed by atoms with van der Waals surface area (Å²) in [5.74, 6) is -1.00. The van der Waals surface area contributed by atoms with Crippen molar-refractivity contribution in [1.82, 2.24) is 4.90 Å². The van der Waals surface area contributed by atoms with Crippen molar-refractivity contribution in [3.05, 3.63) is 34.9 Å². The third kappa shape index (κ3) is 2.23. The molecule has 0 saturated carbocycles. The molecule has 1 saturated heterocycles. The van der Waals surface area contributed by atoms with Crippen LogP contribution in [0, 0.1) is 0 Å². The molecular weight excluding hydrogens is 230 g/mol. The van der Waals surface area contributed by atoms with Crippen molar-refractivity contribution in [2.75, 3.05) is 13.1 Å². The van der Waals surface area contributed by atoms with Crippen molar-refractivity contribution >= 4 is 11.9 Å². The molecule has 0 atom stereocenters. The van der Waals surface area contributed by atoms with Crippen molar-refractivity contribution in [3.8, 4) is 0 Å². The van der Waals surface area contributed by atoms with Gasteiger partial charge < -0.3 is 10.0 Å². The molecule has 4 heteroatoms. The Labute approximate surface area is 106 Å². The van der Waals surface area contributed by atoms with E-state index in [-0.39, 0.29) is 11.5 Å². The average molecular weight is 247 g/mol. The summed E-state index contributed by atoms with van der Waals surface area (Å²) < 4.78 is 0. The first-order chi connectivity index (χ1) is 8.65. The predicted molar refractivity (Wildman–Crippen MR) is 67.9 cm³/mol. The van der Waals surface area contributed by atoms with Gasteiger partial charge in [-0.05, 0) is 37.0 Å². The second-order valence-corrected chi connectivity index (χ2v) is 4.49. The van der Waals surface area contributed by atoms with Crippen LogP contribution in [0.1, 0.15) is 46.0 Å². The molecule has 18 heavy (non-hydrogen) atoms. The van der Waals surface area contributed by atoms with E-state index in [1.807, 2.05) is 6.92 Å². The van der Waals surface area contributed by atoms with Crippen LogP contribution in [0.15, 0.2) is 18.2 Å². The molecule has 0 spiro atoms. The number of hydrogen-bond acceptors (Lipinski definition) is 2. The monoisotopic (exact) mass is 247 g/mol. The van der Waals surface area contributed by atoms with Crippen LogP contribution in [0.25, 0.3) is 0 Å². The quantitative estimate of drug-likeness (QED) is 0.890. The van der Waals surface area contributed by atoms with Crippen molar-refractivity contribution in [3.63, 3.8) is 0 Å². The molecule has 1 aromatic rings. The molecule has 1 aromatic carbocycles. The molecule has 1 fully saturated rings. The number of likely N-dealkylation sites (tertiary alicyclic amines) is 1. The summed E-state index contributed by atoms with van der Waals surface area (Å²) in [5.41, 5.74) is 1.42. The highest BCUT2D eigenvalue weighted by molar-refractivity contribution is 6.00. The maximum atomic E-state index is 12.3. The van der Waals surface area contributed by atoms with Gasteiger partial charge in [-0.15, -0.1) is 0 Å². The van der Waals surface area contributed by atoms with Crippen molar-refractivity contribution in [1.29, 1.82) is 0 Å². The minimum atomic E-state index is -0.970. The number of aromatic carboxylic acids is 1. The average Bonchev–Trinajstić information content (AvgIpc) is 2.90. The summed E-state index contributed by atoms with van der Waals surface area (Å²) >= 11 is 0. The van der Waals surface area contributed by atoms with E-state index in [1.165, 1.54) is 0 Å². The van der Waals surface area contributed by atoms with Gasteiger partial charge in [-0.3, -0.25) is 4.79 Å². The SMILES string of the molecule is CCc1c(C(=O)O)cccc1C(=O)N1CCCC1. The van der Waals surface area contributed by atoms with Gasteiger partial charge in [0.2, 0.25) is 0 Å². The molecular formula is C14H17NO3. The van der Waals surface area contributed by atoms with Gasteiger partial charge in [-0.2, -0.15) is 0 Å². The first-order valence-corrected chi connectivity index (χ1v) is 6.29. The molecule has 1 aliphatic rings. The van der Waals surface area contributed by atoms with Gasteiger partial charge in [-0.1, -0.05) is 13.0 Å². The second-order valence-electron chi connectivity index (χ2n) is 4.49. The van der Waals surface area contributed by atoms with Crippen LogP contribution >= 0.6 is 0 Å². The van der Waals surface area contributed by atoms with E-state index in [0.29, 0.717) is 17.5 Å². The van der Waals surface area contributed by atoms with Gasteiger partial charge in [0.15, 0.2) is 0 Å². The lowest BCUT2D eigenvalue weighted by Gasteiger charge is -2.18. The third-order valence-electron chi connectivity index (χ3n) is 3.38. The Morgan fingerprint density at radius 3 is 2.39 bits per heavy atom. The van der Waals surface area contributed by atoms with Crippen LogP contribution in [-0.4, -0.2) is 35.0 Å². The molecule has 0 bridgehead atoms. The third-order valence-corrected chi connectivity index (χ3v) is 3.38. The normalized spacial score (nSPS) is 14.8. The maximum absolute atomic E-state index is 12.3. The van der Waals surface area contributed by atoms with Gasteiger partial charge in [0, 0.05) is 18.7 Å². The molecule has 0 unspecified atom stereocenters. The Bertz CT molecular complexity index is 476. The van der Waals surface area contributed by atoms with E-state index in [9.17, 15) is 9.59 Å². The summed E-state index contributed by atoms with van der Waals surface area (Å²) in [6.07, 6.45) is 2.62. The van der Waals surface area contributed by atoms with E-state index in [1.54, 1.807) is 23.1 Å². The van der Waals surface area contributed by atoms with Gasteiger partial charge in [0.05, 0.1) is 5.56 Å². The molecule has 0 aromatic heterocycles. The Balaban J connectivity index is 2.40. The van der Waals surface area contributed by atoms with Crippen LogP contribution in [0.3, 0.4) is 0 Å². The zero-order valence-corrected chi connectivity index (χ0v) is 10.5. The van der Waals surface area contributed by atoms with E-state index in [4.69, 9.17) is 5.11 Å². The predicted octanol–water partition coefficient (Wildman–Crippen LogP) is 2.18. The molecule has 96 valence electrons. The number of carboxylic acid groups (broad SMARTS) is 1. The lowest BCUT2D eigenvalue weighted by molar-refractivity contribution is 0.0695. The maximum Gasteiger partial charge on any atom is 0.335 e. The van der Waals surface area contributed by atoms with Crippen molar-refractivity contribution in [2.24, 2.45) is 0 Å². The van der Waals surface area contributed by atoms with Crippen LogP contribution < -0.4 is 0 Å². The molecule has 4 nitrogen and oxygen atoms in total. The summed E-state index contributed by atoms with van der Waals surface area (Å²) in [5, 5.41) is 9.14. The molecule has 1 amide bonds. The number of benzene rings is 1. The van der Waals surface area contributed by atoms with Crippen molar-refractivity contribution in [2.45, 2.75) is 26.2 Å². The van der Waals surface area contributed by atoms with Crippen molar-refractivity contribution < 1.29 is 14.7 Å². The summed E-state index contributed by atoms with van der Waals surface area (Å²) in [6, 6.07) is 4.93. The molecule has 0 radical (unpaired) electrons. The first-order valence-electron chi connectivity index (χ1n) is 6.29. The van der Waals surface area contributed by atoms with E-state index in [2.05, 4.69) is 0 Å². The second kappa shape index (κ2) is 5.21. The minimum Gasteiger partial charge on any atom is -0.478 e. The smallest absolute Gasteiger partial charge is 0.335 e. The van der Waals surface area contributed by atoms with Gasteiger partial charge in [-0.25, -0.2) is 4.79 Å². The van der Waals surface area contributed by atoms with Gasteiger partial charge in [0.1, 0.15) is 0 Å². The number of carbonyl (C=O) groups is 2. The van der Waals surface area contributed by atoms with Gasteiger partial charge in [0.25, 0.3) is 5.91 Å². The van der Waals surface area contributed by atoms with E-state index < -0.39 is 5.97 Å². The summed E-state index contributed by atoms with van der Waals surface area (Å²) in [7, 11) is 0. The Morgan fingerprint density at radius 2 is 1.83 bits per heavy atom. The van der Waals surface area contributed by atoms with Crippen LogP contribution in [0.4, 0.5) is 0 Å². The van der Waals surface area contributed by atoms with E-state index in [0.717, 1.165) is 25.9 Å². The van der Waals surface area contributed by atoms with Crippen LogP contribution in [0.5, 0.6) is 0 Å². The fourth-order valence-electron chi connectivity index (χ4n) is 2.46. The fourth-order valence-corrected chi connectivity index (χ4v) is 2.46. The van der Waals surface area contributed by atoms with Gasteiger partial charge >= 0.3 is 5.97 Å². The highest BCUT2D eigenvalue weighted by Gasteiger charge is 2.23. The topological polar surface area (TPSA) is 57.6 Å². The standard InChI is InChI=1S/C14H17NO3/c1-2-10-11(6-5-7-12(10)14(17)18)13(16)15-8-3-4-9-15/h5-7H,2-4,8-9H2,1H3,(H,17,18). The minimum absolute atomic E-state index is 0.0348. The molecule has 0 aliphatic carbocycles. The number of hydrogen-bond donors (Lipinski definition) is 1. The van der Waals surface area contributed by atoms with Crippen LogP contribution in [0.2, 0.25) is 0 Å². The zero-order valence-electron chi connectivity index (χ0n) is 10.5. The highest BCUT2D eigenvalue weighted by Crippen LogP contribution is 2.20. The molecule has 2 rings (SSSR count). The number of carboxylic acids is 1. The number of amides is 1. The molecule has 1 aliphatic heterocycles.